The Morgan fingerprint density at radius 3 is 2.17 bits per heavy atom. The van der Waals surface area contributed by atoms with Gasteiger partial charge in [0.15, 0.2) is 11.5 Å². The van der Waals surface area contributed by atoms with Crippen molar-refractivity contribution in [1.29, 1.82) is 0 Å². The molecule has 0 unspecified atom stereocenters. The predicted octanol–water partition coefficient (Wildman–Crippen LogP) is 2.89. The Labute approximate surface area is 108 Å². The SMILES string of the molecule is CC(C)Oc1ccc(CC(=O)O)cc1OC(C)C. The largest absolute Gasteiger partial charge is 0.487 e. The third-order valence-electron chi connectivity index (χ3n) is 2.09. The van der Waals surface area contributed by atoms with E-state index in [-0.39, 0.29) is 18.6 Å². The molecule has 0 aliphatic carbocycles. The number of aliphatic carboxylic acids is 1. The van der Waals surface area contributed by atoms with Crippen molar-refractivity contribution in [1.82, 2.24) is 0 Å². The Kier molecular flexibility index (Phi) is 5.01. The number of hydrogen-bond acceptors (Lipinski definition) is 3. The highest BCUT2D eigenvalue weighted by molar-refractivity contribution is 5.70. The molecule has 1 aromatic carbocycles. The van der Waals surface area contributed by atoms with Gasteiger partial charge in [0.1, 0.15) is 0 Å². The van der Waals surface area contributed by atoms with E-state index in [2.05, 4.69) is 0 Å². The summed E-state index contributed by atoms with van der Waals surface area (Å²) in [5.74, 6) is 0.383. The number of carbonyl (C=O) groups is 1. The molecule has 0 radical (unpaired) electrons. The van der Waals surface area contributed by atoms with Gasteiger partial charge in [-0.1, -0.05) is 6.07 Å². The summed E-state index contributed by atoms with van der Waals surface area (Å²) >= 11 is 0. The van der Waals surface area contributed by atoms with E-state index in [9.17, 15) is 4.79 Å². The zero-order chi connectivity index (χ0) is 13.7. The maximum atomic E-state index is 10.7. The normalized spacial score (nSPS) is 10.8. The van der Waals surface area contributed by atoms with Crippen molar-refractivity contribution in [2.75, 3.05) is 0 Å². The molecule has 0 aliphatic heterocycles. The first-order chi connectivity index (χ1) is 8.38. The van der Waals surface area contributed by atoms with Gasteiger partial charge in [0.2, 0.25) is 0 Å². The molecule has 0 fully saturated rings. The van der Waals surface area contributed by atoms with Gasteiger partial charge in [0, 0.05) is 0 Å². The zero-order valence-corrected chi connectivity index (χ0v) is 11.3. The summed E-state index contributed by atoms with van der Waals surface area (Å²) in [5.41, 5.74) is 0.703. The lowest BCUT2D eigenvalue weighted by atomic mass is 10.1. The summed E-state index contributed by atoms with van der Waals surface area (Å²) in [6.07, 6.45) is 0.0422. The van der Waals surface area contributed by atoms with Crippen LogP contribution in [0.25, 0.3) is 0 Å². The molecule has 1 rings (SSSR count). The Morgan fingerprint density at radius 2 is 1.67 bits per heavy atom. The second kappa shape index (κ2) is 6.28. The maximum absolute atomic E-state index is 10.7. The van der Waals surface area contributed by atoms with Gasteiger partial charge in [0.05, 0.1) is 18.6 Å². The number of rotatable bonds is 6. The minimum Gasteiger partial charge on any atom is -0.487 e. The van der Waals surface area contributed by atoms with Crippen molar-refractivity contribution >= 4 is 5.97 Å². The van der Waals surface area contributed by atoms with Crippen LogP contribution in [-0.2, 0) is 11.2 Å². The van der Waals surface area contributed by atoms with E-state index in [1.54, 1.807) is 18.2 Å². The highest BCUT2D eigenvalue weighted by atomic mass is 16.5. The topological polar surface area (TPSA) is 55.8 Å². The highest BCUT2D eigenvalue weighted by Crippen LogP contribution is 2.30. The number of carboxylic acid groups (broad SMARTS) is 1. The van der Waals surface area contributed by atoms with Gasteiger partial charge in [-0.15, -0.1) is 0 Å². The van der Waals surface area contributed by atoms with Crippen LogP contribution in [0.3, 0.4) is 0 Å². The quantitative estimate of drug-likeness (QED) is 0.845. The van der Waals surface area contributed by atoms with Crippen molar-refractivity contribution in [2.24, 2.45) is 0 Å². The third kappa shape index (κ3) is 4.65. The molecule has 1 N–H and O–H groups in total. The van der Waals surface area contributed by atoms with Crippen LogP contribution in [0.2, 0.25) is 0 Å². The summed E-state index contributed by atoms with van der Waals surface area (Å²) < 4.78 is 11.3. The zero-order valence-electron chi connectivity index (χ0n) is 11.3. The van der Waals surface area contributed by atoms with Crippen molar-refractivity contribution in [2.45, 2.75) is 46.3 Å². The van der Waals surface area contributed by atoms with Gasteiger partial charge < -0.3 is 14.6 Å². The fourth-order valence-corrected chi connectivity index (χ4v) is 1.53. The number of hydrogen-bond donors (Lipinski definition) is 1. The average Bonchev–Trinajstić information content (AvgIpc) is 2.19. The van der Waals surface area contributed by atoms with Crippen LogP contribution in [0.15, 0.2) is 18.2 Å². The standard InChI is InChI=1S/C14H20O4/c1-9(2)17-12-6-5-11(8-14(15)16)7-13(12)18-10(3)4/h5-7,9-10H,8H2,1-4H3,(H,15,16). The third-order valence-corrected chi connectivity index (χ3v) is 2.09. The molecule has 4 heteroatoms. The van der Waals surface area contributed by atoms with E-state index in [4.69, 9.17) is 14.6 Å². The Balaban J connectivity index is 2.99. The molecule has 0 amide bonds. The minimum absolute atomic E-state index is 0.0135. The highest BCUT2D eigenvalue weighted by Gasteiger charge is 2.11. The maximum Gasteiger partial charge on any atom is 0.307 e. The van der Waals surface area contributed by atoms with Crippen molar-refractivity contribution in [3.8, 4) is 11.5 Å². The Morgan fingerprint density at radius 1 is 1.11 bits per heavy atom. The molecule has 4 nitrogen and oxygen atoms in total. The second-order valence-electron chi connectivity index (χ2n) is 4.68. The van der Waals surface area contributed by atoms with E-state index in [1.165, 1.54) is 0 Å². The first-order valence-electron chi connectivity index (χ1n) is 6.06. The van der Waals surface area contributed by atoms with Gasteiger partial charge in [-0.05, 0) is 45.4 Å². The Bertz CT molecular complexity index is 410. The van der Waals surface area contributed by atoms with E-state index in [0.717, 1.165) is 0 Å². The van der Waals surface area contributed by atoms with Gasteiger partial charge in [-0.2, -0.15) is 0 Å². The molecule has 0 atom stereocenters. The van der Waals surface area contributed by atoms with E-state index < -0.39 is 5.97 Å². The number of ether oxygens (including phenoxy) is 2. The molecular formula is C14H20O4. The molecule has 0 aliphatic rings. The first-order valence-corrected chi connectivity index (χ1v) is 6.06. The lowest BCUT2D eigenvalue weighted by molar-refractivity contribution is -0.136. The van der Waals surface area contributed by atoms with Crippen LogP contribution in [0, 0.1) is 0 Å². The molecule has 0 heterocycles. The summed E-state index contributed by atoms with van der Waals surface area (Å²) in [6.45, 7) is 7.71. The van der Waals surface area contributed by atoms with Crippen molar-refractivity contribution in [3.63, 3.8) is 0 Å². The molecule has 100 valence electrons. The lowest BCUT2D eigenvalue weighted by Crippen LogP contribution is -2.11. The van der Waals surface area contributed by atoms with Crippen LogP contribution in [0.1, 0.15) is 33.3 Å². The second-order valence-corrected chi connectivity index (χ2v) is 4.68. The molecular weight excluding hydrogens is 232 g/mol. The summed E-state index contributed by atoms with van der Waals surface area (Å²) in [5, 5.41) is 8.78. The van der Waals surface area contributed by atoms with Gasteiger partial charge in [-0.25, -0.2) is 0 Å². The first kappa shape index (κ1) is 14.4. The van der Waals surface area contributed by atoms with Crippen LogP contribution in [0.4, 0.5) is 0 Å². The monoisotopic (exact) mass is 252 g/mol. The van der Waals surface area contributed by atoms with E-state index >= 15 is 0 Å². The van der Waals surface area contributed by atoms with Gasteiger partial charge >= 0.3 is 5.97 Å². The smallest absolute Gasteiger partial charge is 0.307 e. The van der Waals surface area contributed by atoms with E-state index in [0.29, 0.717) is 17.1 Å². The molecule has 0 saturated carbocycles. The van der Waals surface area contributed by atoms with E-state index in [1.807, 2.05) is 27.7 Å². The number of carboxylic acids is 1. The molecule has 0 aromatic heterocycles. The summed E-state index contributed by atoms with van der Waals surface area (Å²) in [6, 6.07) is 5.24. The summed E-state index contributed by atoms with van der Waals surface area (Å²) in [7, 11) is 0. The Hall–Kier alpha value is -1.71. The lowest BCUT2D eigenvalue weighted by Gasteiger charge is -2.17. The van der Waals surface area contributed by atoms with Crippen molar-refractivity contribution < 1.29 is 19.4 Å². The van der Waals surface area contributed by atoms with Crippen LogP contribution in [0.5, 0.6) is 11.5 Å². The van der Waals surface area contributed by atoms with Crippen molar-refractivity contribution in [3.05, 3.63) is 23.8 Å². The van der Waals surface area contributed by atoms with Crippen LogP contribution >= 0.6 is 0 Å². The molecule has 18 heavy (non-hydrogen) atoms. The minimum atomic E-state index is -0.858. The van der Waals surface area contributed by atoms with Gasteiger partial charge in [-0.3, -0.25) is 4.79 Å². The number of benzene rings is 1. The molecule has 0 saturated heterocycles. The van der Waals surface area contributed by atoms with Gasteiger partial charge in [0.25, 0.3) is 0 Å². The van der Waals surface area contributed by atoms with Crippen LogP contribution < -0.4 is 9.47 Å². The fraction of sp³-hybridized carbons (Fsp3) is 0.500. The summed E-state index contributed by atoms with van der Waals surface area (Å²) in [4.78, 5) is 10.7. The fourth-order valence-electron chi connectivity index (χ4n) is 1.53. The molecule has 1 aromatic rings. The van der Waals surface area contributed by atoms with Crippen LogP contribution in [-0.4, -0.2) is 23.3 Å². The molecule has 0 spiro atoms. The predicted molar refractivity (Wildman–Crippen MR) is 69.3 cm³/mol. The molecule has 0 bridgehead atoms. The average molecular weight is 252 g/mol.